The van der Waals surface area contributed by atoms with E-state index in [1.54, 1.807) is 0 Å². The highest BCUT2D eigenvalue weighted by molar-refractivity contribution is 5.58. The summed E-state index contributed by atoms with van der Waals surface area (Å²) in [5.74, 6) is -0.286. The average Bonchev–Trinajstić information content (AvgIpc) is 2.16. The fraction of sp³-hybridized carbons (Fsp3) is 0.556. The Labute approximate surface area is 92.8 Å². The van der Waals surface area contributed by atoms with Crippen molar-refractivity contribution in [1.29, 1.82) is 0 Å². The average molecular weight is 226 g/mol. The molecule has 0 saturated heterocycles. The lowest BCUT2D eigenvalue weighted by Gasteiger charge is -2.23. The van der Waals surface area contributed by atoms with Gasteiger partial charge in [0.2, 0.25) is 5.82 Å². The summed E-state index contributed by atoms with van der Waals surface area (Å²) < 4.78 is 5.45. The largest absolute Gasteiger partial charge is 0.467 e. The number of rotatable bonds is 4. The zero-order valence-corrected chi connectivity index (χ0v) is 9.43. The molecule has 7 heteroatoms. The van der Waals surface area contributed by atoms with Crippen LogP contribution in [0.5, 0.6) is 5.88 Å². The lowest BCUT2D eigenvalue weighted by molar-refractivity contribution is -0.385. The van der Waals surface area contributed by atoms with Crippen LogP contribution in [0.3, 0.4) is 0 Å². The van der Waals surface area contributed by atoms with Crippen LogP contribution in [0.4, 0.5) is 11.5 Å². The van der Waals surface area contributed by atoms with E-state index in [4.69, 9.17) is 10.5 Å². The molecular formula is C9H14N4O3. The Hall–Kier alpha value is -1.92. The molecule has 0 atom stereocenters. The van der Waals surface area contributed by atoms with Crippen LogP contribution >= 0.6 is 0 Å². The zero-order chi connectivity index (χ0) is 12.3. The second-order valence-electron chi connectivity index (χ2n) is 3.89. The van der Waals surface area contributed by atoms with Crippen LogP contribution in [0.15, 0.2) is 6.33 Å². The number of hydrogen-bond donors (Lipinski definition) is 1. The smallest absolute Gasteiger partial charge is 0.372 e. The summed E-state index contributed by atoms with van der Waals surface area (Å²) in [4.78, 5) is 17.4. The summed E-state index contributed by atoms with van der Waals surface area (Å²) in [6, 6.07) is 0. The molecule has 1 heterocycles. The maximum Gasteiger partial charge on any atom is 0.372 e. The van der Waals surface area contributed by atoms with Crippen molar-refractivity contribution < 1.29 is 9.66 Å². The minimum Gasteiger partial charge on any atom is -0.467 e. The number of ether oxygens (including phenoxy) is 1. The van der Waals surface area contributed by atoms with E-state index >= 15 is 0 Å². The fourth-order valence-corrected chi connectivity index (χ4v) is 0.956. The van der Waals surface area contributed by atoms with Gasteiger partial charge in [0, 0.05) is 0 Å². The van der Waals surface area contributed by atoms with Crippen molar-refractivity contribution >= 4 is 11.5 Å². The van der Waals surface area contributed by atoms with Gasteiger partial charge < -0.3 is 10.5 Å². The first kappa shape index (κ1) is 12.2. The Morgan fingerprint density at radius 1 is 1.56 bits per heavy atom. The molecule has 0 aliphatic heterocycles. The molecule has 2 N–H and O–H groups in total. The first-order valence-electron chi connectivity index (χ1n) is 4.81. The monoisotopic (exact) mass is 226 g/mol. The van der Waals surface area contributed by atoms with Crippen LogP contribution < -0.4 is 10.5 Å². The Morgan fingerprint density at radius 2 is 2.19 bits per heavy atom. The molecule has 0 aliphatic rings. The summed E-state index contributed by atoms with van der Waals surface area (Å²) >= 11 is 0. The third kappa shape index (κ3) is 2.56. The molecule has 0 amide bonds. The van der Waals surface area contributed by atoms with Gasteiger partial charge in [-0.25, -0.2) is 4.98 Å². The van der Waals surface area contributed by atoms with Gasteiger partial charge in [0.15, 0.2) is 0 Å². The third-order valence-electron chi connectivity index (χ3n) is 2.22. The van der Waals surface area contributed by atoms with Crippen LogP contribution in [0.25, 0.3) is 0 Å². The molecule has 0 radical (unpaired) electrons. The van der Waals surface area contributed by atoms with Gasteiger partial charge in [-0.15, -0.1) is 0 Å². The molecule has 0 spiro atoms. The maximum absolute atomic E-state index is 10.8. The standard InChI is InChI=1S/C9H14N4O3/c1-4-9(2,3)16-8-6(13(14)15)7(10)11-5-12-8/h5H,4H2,1-3H3,(H2,10,11,12). The molecule has 0 unspecified atom stereocenters. The first-order chi connectivity index (χ1) is 7.37. The highest BCUT2D eigenvalue weighted by Crippen LogP contribution is 2.31. The summed E-state index contributed by atoms with van der Waals surface area (Å²) in [5.41, 5.74) is 4.49. The van der Waals surface area contributed by atoms with E-state index < -0.39 is 10.5 Å². The molecule has 16 heavy (non-hydrogen) atoms. The normalized spacial score (nSPS) is 11.2. The molecule has 0 aromatic carbocycles. The Morgan fingerprint density at radius 3 is 2.69 bits per heavy atom. The second-order valence-corrected chi connectivity index (χ2v) is 3.89. The number of nitrogen functional groups attached to an aromatic ring is 1. The SMILES string of the molecule is CCC(C)(C)Oc1ncnc(N)c1[N+](=O)[O-]. The van der Waals surface area contributed by atoms with Crippen molar-refractivity contribution in [3.63, 3.8) is 0 Å². The number of nitrogens with zero attached hydrogens (tertiary/aromatic N) is 3. The minimum absolute atomic E-state index is 0.0932. The molecule has 1 aromatic rings. The number of hydrogen-bond acceptors (Lipinski definition) is 6. The second kappa shape index (κ2) is 4.30. The lowest BCUT2D eigenvalue weighted by Crippen LogP contribution is -2.27. The van der Waals surface area contributed by atoms with Crippen molar-refractivity contribution in [2.75, 3.05) is 5.73 Å². The van der Waals surface area contributed by atoms with Crippen molar-refractivity contribution in [3.05, 3.63) is 16.4 Å². The van der Waals surface area contributed by atoms with Crippen molar-refractivity contribution in [2.45, 2.75) is 32.8 Å². The van der Waals surface area contributed by atoms with Crippen molar-refractivity contribution in [2.24, 2.45) is 0 Å². The van der Waals surface area contributed by atoms with E-state index in [0.29, 0.717) is 6.42 Å². The van der Waals surface area contributed by atoms with Crippen molar-refractivity contribution in [1.82, 2.24) is 9.97 Å². The number of aromatic nitrogens is 2. The summed E-state index contributed by atoms with van der Waals surface area (Å²) in [7, 11) is 0. The van der Waals surface area contributed by atoms with Crippen molar-refractivity contribution in [3.8, 4) is 5.88 Å². The van der Waals surface area contributed by atoms with Gasteiger partial charge in [-0.05, 0) is 20.3 Å². The summed E-state index contributed by atoms with van der Waals surface area (Å²) in [6.45, 7) is 5.54. The van der Waals surface area contributed by atoms with E-state index in [-0.39, 0.29) is 17.4 Å². The van der Waals surface area contributed by atoms with Gasteiger partial charge >= 0.3 is 5.69 Å². The molecule has 0 bridgehead atoms. The van der Waals surface area contributed by atoms with E-state index in [1.165, 1.54) is 0 Å². The Bertz CT molecular complexity index is 406. The Kier molecular flexibility index (Phi) is 3.26. The topological polar surface area (TPSA) is 104 Å². The predicted octanol–water partition coefficient (Wildman–Crippen LogP) is 1.53. The third-order valence-corrected chi connectivity index (χ3v) is 2.22. The van der Waals surface area contributed by atoms with E-state index in [1.807, 2.05) is 20.8 Å². The minimum atomic E-state index is -0.642. The molecule has 1 aromatic heterocycles. The van der Waals surface area contributed by atoms with Gasteiger partial charge in [-0.2, -0.15) is 4.98 Å². The molecule has 1 rings (SSSR count). The van der Waals surface area contributed by atoms with E-state index in [0.717, 1.165) is 6.33 Å². The van der Waals surface area contributed by atoms with Gasteiger partial charge in [0.1, 0.15) is 11.9 Å². The number of anilines is 1. The van der Waals surface area contributed by atoms with E-state index in [2.05, 4.69) is 9.97 Å². The highest BCUT2D eigenvalue weighted by atomic mass is 16.6. The molecule has 0 saturated carbocycles. The molecular weight excluding hydrogens is 212 g/mol. The van der Waals surface area contributed by atoms with Gasteiger partial charge in [0.25, 0.3) is 5.88 Å². The van der Waals surface area contributed by atoms with E-state index in [9.17, 15) is 10.1 Å². The fourth-order valence-electron chi connectivity index (χ4n) is 0.956. The number of nitro groups is 1. The van der Waals surface area contributed by atoms with Crippen LogP contribution in [-0.2, 0) is 0 Å². The Balaban J connectivity index is 3.14. The molecule has 88 valence electrons. The first-order valence-corrected chi connectivity index (χ1v) is 4.81. The van der Waals surface area contributed by atoms with Crippen LogP contribution in [0, 0.1) is 10.1 Å². The summed E-state index contributed by atoms with van der Waals surface area (Å²) in [6.07, 6.45) is 1.83. The predicted molar refractivity (Wildman–Crippen MR) is 58.1 cm³/mol. The molecule has 0 fully saturated rings. The highest BCUT2D eigenvalue weighted by Gasteiger charge is 2.27. The van der Waals surface area contributed by atoms with Crippen LogP contribution in [0.2, 0.25) is 0 Å². The number of nitrogens with two attached hydrogens (primary N) is 1. The molecule has 7 nitrogen and oxygen atoms in total. The van der Waals surface area contributed by atoms with Gasteiger partial charge in [-0.1, -0.05) is 6.92 Å². The lowest BCUT2D eigenvalue weighted by atomic mass is 10.1. The quantitative estimate of drug-likeness (QED) is 0.616. The van der Waals surface area contributed by atoms with Crippen LogP contribution in [0.1, 0.15) is 27.2 Å². The van der Waals surface area contributed by atoms with Crippen LogP contribution in [-0.4, -0.2) is 20.5 Å². The van der Waals surface area contributed by atoms with Gasteiger partial charge in [0.05, 0.1) is 4.92 Å². The van der Waals surface area contributed by atoms with Gasteiger partial charge in [-0.3, -0.25) is 10.1 Å². The summed E-state index contributed by atoms with van der Waals surface area (Å²) in [5, 5.41) is 10.8. The molecule has 0 aliphatic carbocycles. The maximum atomic E-state index is 10.8. The zero-order valence-electron chi connectivity index (χ0n) is 9.43.